The highest BCUT2D eigenvalue weighted by Crippen LogP contribution is 2.05. The van der Waals surface area contributed by atoms with Gasteiger partial charge in [0.25, 0.3) is 5.91 Å². The van der Waals surface area contributed by atoms with Crippen molar-refractivity contribution in [2.24, 2.45) is 5.92 Å². The molecule has 0 saturated heterocycles. The molecule has 0 spiro atoms. The highest BCUT2D eigenvalue weighted by Gasteiger charge is 2.25. The highest BCUT2D eigenvalue weighted by atomic mass is 16.3. The fourth-order valence-corrected chi connectivity index (χ4v) is 2.49. The summed E-state index contributed by atoms with van der Waals surface area (Å²) >= 11 is 0. The lowest BCUT2D eigenvalue weighted by atomic mass is 10.0. The number of amides is 3. The molecule has 7 nitrogen and oxygen atoms in total. The zero-order valence-corrected chi connectivity index (χ0v) is 15.5. The Labute approximate surface area is 158 Å². The van der Waals surface area contributed by atoms with E-state index in [0.29, 0.717) is 13.0 Å². The third kappa shape index (κ3) is 6.62. The summed E-state index contributed by atoms with van der Waals surface area (Å²) in [5.74, 6) is -1.18. The minimum Gasteiger partial charge on any atom is -0.459 e. The molecule has 0 fully saturated rings. The smallest absolute Gasteiger partial charge is 0.287 e. The van der Waals surface area contributed by atoms with Crippen LogP contribution in [0.4, 0.5) is 0 Å². The largest absolute Gasteiger partial charge is 0.459 e. The molecule has 27 heavy (non-hydrogen) atoms. The summed E-state index contributed by atoms with van der Waals surface area (Å²) < 4.78 is 5.03. The van der Waals surface area contributed by atoms with Crippen LogP contribution in [-0.2, 0) is 16.0 Å². The van der Waals surface area contributed by atoms with E-state index in [1.165, 1.54) is 12.3 Å². The normalized spacial score (nSPS) is 11.7. The first-order chi connectivity index (χ1) is 13.0. The second-order valence-electron chi connectivity index (χ2n) is 6.48. The number of carbonyl (C=O) groups excluding carboxylic acids is 3. The Hall–Kier alpha value is -3.09. The molecule has 3 N–H and O–H groups in total. The molecule has 1 atom stereocenters. The van der Waals surface area contributed by atoms with Crippen molar-refractivity contribution < 1.29 is 18.8 Å². The number of nitrogens with one attached hydrogen (secondary N) is 3. The van der Waals surface area contributed by atoms with Gasteiger partial charge in [-0.15, -0.1) is 0 Å². The molecule has 0 aliphatic heterocycles. The molecular weight excluding hydrogens is 346 g/mol. The minimum atomic E-state index is -0.764. The van der Waals surface area contributed by atoms with Crippen molar-refractivity contribution in [3.63, 3.8) is 0 Å². The van der Waals surface area contributed by atoms with Gasteiger partial charge in [-0.25, -0.2) is 0 Å². The first-order valence-electron chi connectivity index (χ1n) is 8.90. The predicted octanol–water partition coefficient (Wildman–Crippen LogP) is 1.51. The standard InChI is InChI=1S/C20H25N3O4/c1-14(2)18(23-19(25)16-9-6-12-27-16)20(26)22-13-17(24)21-11-10-15-7-4-3-5-8-15/h3-9,12,14,18H,10-11,13H2,1-2H3,(H,21,24)(H,22,26)(H,23,25). The molecule has 2 aromatic rings. The SMILES string of the molecule is CC(C)C(NC(=O)c1ccco1)C(=O)NCC(=O)NCCc1ccccc1. The van der Waals surface area contributed by atoms with E-state index >= 15 is 0 Å². The van der Waals surface area contributed by atoms with Gasteiger partial charge >= 0.3 is 0 Å². The van der Waals surface area contributed by atoms with Crippen LogP contribution < -0.4 is 16.0 Å². The number of hydrogen-bond donors (Lipinski definition) is 3. The maximum Gasteiger partial charge on any atom is 0.287 e. The van der Waals surface area contributed by atoms with E-state index in [9.17, 15) is 14.4 Å². The number of carbonyl (C=O) groups is 3. The van der Waals surface area contributed by atoms with Crippen LogP contribution in [0.2, 0.25) is 0 Å². The lowest BCUT2D eigenvalue weighted by Gasteiger charge is -2.21. The van der Waals surface area contributed by atoms with Gasteiger partial charge in [-0.05, 0) is 30.0 Å². The maximum absolute atomic E-state index is 12.4. The predicted molar refractivity (Wildman–Crippen MR) is 101 cm³/mol. The van der Waals surface area contributed by atoms with E-state index in [2.05, 4.69) is 16.0 Å². The summed E-state index contributed by atoms with van der Waals surface area (Å²) in [5.41, 5.74) is 1.13. The van der Waals surface area contributed by atoms with Crippen LogP contribution in [0.5, 0.6) is 0 Å². The van der Waals surface area contributed by atoms with Crippen LogP contribution in [0.25, 0.3) is 0 Å². The molecule has 0 aliphatic rings. The zero-order chi connectivity index (χ0) is 19.6. The Morgan fingerprint density at radius 3 is 2.37 bits per heavy atom. The first kappa shape index (κ1) is 20.2. The first-order valence-corrected chi connectivity index (χ1v) is 8.90. The van der Waals surface area contributed by atoms with Gasteiger partial charge < -0.3 is 20.4 Å². The molecule has 7 heteroatoms. The van der Waals surface area contributed by atoms with E-state index in [1.807, 2.05) is 44.2 Å². The van der Waals surface area contributed by atoms with E-state index in [-0.39, 0.29) is 24.1 Å². The number of hydrogen-bond acceptors (Lipinski definition) is 4. The van der Waals surface area contributed by atoms with Crippen molar-refractivity contribution >= 4 is 17.7 Å². The van der Waals surface area contributed by atoms with Gasteiger partial charge in [0.1, 0.15) is 6.04 Å². The van der Waals surface area contributed by atoms with Crippen molar-refractivity contribution in [1.29, 1.82) is 0 Å². The number of furan rings is 1. The molecule has 1 aromatic heterocycles. The van der Waals surface area contributed by atoms with Crippen molar-refractivity contribution in [3.05, 3.63) is 60.1 Å². The fraction of sp³-hybridized carbons (Fsp3) is 0.350. The summed E-state index contributed by atoms with van der Waals surface area (Å²) in [4.78, 5) is 36.3. The van der Waals surface area contributed by atoms with E-state index < -0.39 is 17.9 Å². The molecule has 1 heterocycles. The highest BCUT2D eigenvalue weighted by molar-refractivity contribution is 5.96. The lowest BCUT2D eigenvalue weighted by Crippen LogP contribution is -2.51. The van der Waals surface area contributed by atoms with Gasteiger partial charge in [0.05, 0.1) is 12.8 Å². The average Bonchev–Trinajstić information content (AvgIpc) is 3.19. The summed E-state index contributed by atoms with van der Waals surface area (Å²) in [5, 5.41) is 7.96. The summed E-state index contributed by atoms with van der Waals surface area (Å²) in [7, 11) is 0. The number of rotatable bonds is 9. The van der Waals surface area contributed by atoms with Crippen molar-refractivity contribution in [2.75, 3.05) is 13.1 Å². The van der Waals surface area contributed by atoms with Gasteiger partial charge in [0.2, 0.25) is 11.8 Å². The zero-order valence-electron chi connectivity index (χ0n) is 15.5. The van der Waals surface area contributed by atoms with Crippen molar-refractivity contribution in [1.82, 2.24) is 16.0 Å². The fourth-order valence-electron chi connectivity index (χ4n) is 2.49. The summed E-state index contributed by atoms with van der Waals surface area (Å²) in [6.07, 6.45) is 2.10. The van der Waals surface area contributed by atoms with Crippen LogP contribution >= 0.6 is 0 Å². The summed E-state index contributed by atoms with van der Waals surface area (Å²) in [6.45, 7) is 3.97. The van der Waals surface area contributed by atoms with Crippen LogP contribution in [0.3, 0.4) is 0 Å². The molecule has 144 valence electrons. The summed E-state index contributed by atoms with van der Waals surface area (Å²) in [6, 6.07) is 12.2. The third-order valence-corrected chi connectivity index (χ3v) is 3.98. The maximum atomic E-state index is 12.4. The van der Waals surface area contributed by atoms with Gasteiger partial charge in [0, 0.05) is 6.54 Å². The van der Waals surface area contributed by atoms with Gasteiger partial charge in [-0.1, -0.05) is 44.2 Å². The average molecular weight is 371 g/mol. The quantitative estimate of drug-likeness (QED) is 0.622. The Morgan fingerprint density at radius 2 is 1.74 bits per heavy atom. The van der Waals surface area contributed by atoms with Gasteiger partial charge in [-0.2, -0.15) is 0 Å². The molecule has 0 saturated carbocycles. The van der Waals surface area contributed by atoms with Crippen LogP contribution in [0.1, 0.15) is 30.0 Å². The Bertz CT molecular complexity index is 742. The molecular formula is C20H25N3O4. The second-order valence-corrected chi connectivity index (χ2v) is 6.48. The minimum absolute atomic E-state index is 0.132. The Kier molecular flexibility index (Phi) is 7.61. The monoisotopic (exact) mass is 371 g/mol. The Morgan fingerprint density at radius 1 is 1.00 bits per heavy atom. The molecule has 0 bridgehead atoms. The molecule has 1 aromatic carbocycles. The van der Waals surface area contributed by atoms with E-state index in [0.717, 1.165) is 5.56 Å². The van der Waals surface area contributed by atoms with Crippen LogP contribution in [0.15, 0.2) is 53.1 Å². The van der Waals surface area contributed by atoms with Crippen molar-refractivity contribution in [3.8, 4) is 0 Å². The third-order valence-electron chi connectivity index (χ3n) is 3.98. The number of benzene rings is 1. The van der Waals surface area contributed by atoms with Crippen LogP contribution in [-0.4, -0.2) is 36.9 Å². The van der Waals surface area contributed by atoms with Gasteiger partial charge in [0.15, 0.2) is 5.76 Å². The molecule has 0 aliphatic carbocycles. The van der Waals surface area contributed by atoms with E-state index in [4.69, 9.17) is 4.42 Å². The van der Waals surface area contributed by atoms with Crippen LogP contribution in [0, 0.1) is 5.92 Å². The lowest BCUT2D eigenvalue weighted by molar-refractivity contribution is -0.127. The topological polar surface area (TPSA) is 100 Å². The molecule has 0 radical (unpaired) electrons. The van der Waals surface area contributed by atoms with Crippen molar-refractivity contribution in [2.45, 2.75) is 26.3 Å². The second kappa shape index (κ2) is 10.2. The van der Waals surface area contributed by atoms with E-state index in [1.54, 1.807) is 6.07 Å². The molecule has 3 amide bonds. The molecule has 1 unspecified atom stereocenters. The Balaban J connectivity index is 1.75. The molecule has 2 rings (SSSR count). The van der Waals surface area contributed by atoms with Gasteiger partial charge in [-0.3, -0.25) is 14.4 Å².